The van der Waals surface area contributed by atoms with Gasteiger partial charge in [-0.3, -0.25) is 14.5 Å². The number of hydrogen-bond donors (Lipinski definition) is 4. The smallest absolute Gasteiger partial charge is 0.345 e. The van der Waals surface area contributed by atoms with E-state index in [1.165, 1.54) is 29.8 Å². The van der Waals surface area contributed by atoms with Crippen LogP contribution in [0.5, 0.6) is 23.1 Å². The summed E-state index contributed by atoms with van der Waals surface area (Å²) in [4.78, 5) is 60.7. The fourth-order valence-corrected chi connectivity index (χ4v) is 11.9. The highest BCUT2D eigenvalue weighted by molar-refractivity contribution is 7.22. The Morgan fingerprint density at radius 3 is 2.38 bits per heavy atom. The summed E-state index contributed by atoms with van der Waals surface area (Å²) in [7, 11) is 5.54. The van der Waals surface area contributed by atoms with E-state index >= 15 is 0 Å². The van der Waals surface area contributed by atoms with Gasteiger partial charge in [0.25, 0.3) is 0 Å². The van der Waals surface area contributed by atoms with Gasteiger partial charge in [-0.1, -0.05) is 86.0 Å². The number of hydrogen-bond acceptors (Lipinski definition) is 15. The SMILES string of the molecule is C#CCOCc1cc(NC(=O)CNC(=O)C(NC)C(C)C)ccc1C[N+]1(C)CCN(CCOc2ccc(-c3c(-c4ccc(F)cc4)sc4ncnc(O[C@H](Cc5ccccc5OCc5ccnc(-c6ccccc6OC)n5)C(=O)O)c34)c(C)c2Cl)CC1. The number of aliphatic carboxylic acids is 1. The van der Waals surface area contributed by atoms with Crippen LogP contribution in [0.4, 0.5) is 10.1 Å². The fourth-order valence-electron chi connectivity index (χ4n) is 10.5. The Morgan fingerprint density at radius 2 is 1.64 bits per heavy atom. The molecule has 2 atom stereocenters. The molecule has 5 aromatic carbocycles. The summed E-state index contributed by atoms with van der Waals surface area (Å²) in [6.45, 7) is 11.2. The van der Waals surface area contributed by atoms with E-state index in [1.54, 1.807) is 62.8 Å². The second kappa shape index (κ2) is 29.2. The van der Waals surface area contributed by atoms with Crippen LogP contribution in [0.1, 0.15) is 41.8 Å². The summed E-state index contributed by atoms with van der Waals surface area (Å²) in [5, 5.41) is 20.2. The number of para-hydroxylation sites is 2. The third kappa shape index (κ3) is 15.7. The molecule has 3 aromatic heterocycles. The molecule has 8 aromatic rings. The van der Waals surface area contributed by atoms with Crippen molar-refractivity contribution >= 4 is 56.6 Å². The van der Waals surface area contributed by atoms with Gasteiger partial charge in [0.1, 0.15) is 60.6 Å². The van der Waals surface area contributed by atoms with Crippen LogP contribution >= 0.6 is 22.9 Å². The second-order valence-corrected chi connectivity index (χ2v) is 23.1. The number of quaternary nitrogens is 1. The van der Waals surface area contributed by atoms with Crippen molar-refractivity contribution in [2.24, 2.45) is 5.92 Å². The first-order valence-electron chi connectivity index (χ1n) is 28.5. The van der Waals surface area contributed by atoms with Gasteiger partial charge >= 0.3 is 5.97 Å². The number of aromatic nitrogens is 4. The highest BCUT2D eigenvalue weighted by Gasteiger charge is 2.32. The number of anilines is 1. The molecule has 452 valence electrons. The summed E-state index contributed by atoms with van der Waals surface area (Å²) in [5.74, 6) is 2.46. The van der Waals surface area contributed by atoms with Crippen LogP contribution < -0.4 is 34.9 Å². The molecular weight excluding hydrogens is 1150 g/mol. The molecule has 4 heterocycles. The number of carbonyl (C=O) groups is 3. The van der Waals surface area contributed by atoms with Crippen molar-refractivity contribution in [2.45, 2.75) is 59.1 Å². The van der Waals surface area contributed by atoms with Crippen molar-refractivity contribution in [1.29, 1.82) is 0 Å². The number of amides is 2. The lowest BCUT2D eigenvalue weighted by molar-refractivity contribution is -0.926. The molecule has 0 aliphatic carbocycles. The van der Waals surface area contributed by atoms with Crippen LogP contribution in [0, 0.1) is 31.0 Å². The van der Waals surface area contributed by atoms with E-state index in [4.69, 9.17) is 46.7 Å². The van der Waals surface area contributed by atoms with Crippen LogP contribution in [0.3, 0.4) is 0 Å². The predicted molar refractivity (Wildman–Crippen MR) is 334 cm³/mol. The highest BCUT2D eigenvalue weighted by Crippen LogP contribution is 2.49. The fraction of sp³-hybridized carbons (Fsp3) is 0.318. The lowest BCUT2D eigenvalue weighted by atomic mass is 9.96. The van der Waals surface area contributed by atoms with Crippen molar-refractivity contribution in [3.63, 3.8) is 0 Å². The molecule has 0 spiro atoms. The van der Waals surface area contributed by atoms with E-state index in [1.807, 2.05) is 75.4 Å². The Bertz CT molecular complexity index is 3780. The molecule has 1 fully saturated rings. The van der Waals surface area contributed by atoms with Gasteiger partial charge < -0.3 is 49.2 Å². The molecule has 87 heavy (non-hydrogen) atoms. The van der Waals surface area contributed by atoms with Crippen LogP contribution in [0.15, 0.2) is 122 Å². The zero-order valence-electron chi connectivity index (χ0n) is 49.4. The molecular formula is C66H70ClFN9O9S+. The van der Waals surface area contributed by atoms with E-state index < -0.39 is 23.9 Å². The number of terminal acetylenes is 1. The minimum Gasteiger partial charge on any atom is -0.496 e. The van der Waals surface area contributed by atoms with Gasteiger partial charge in [0.05, 0.1) is 68.1 Å². The van der Waals surface area contributed by atoms with Gasteiger partial charge in [0.2, 0.25) is 23.8 Å². The topological polar surface area (TPSA) is 208 Å². The zero-order valence-corrected chi connectivity index (χ0v) is 51.0. The molecule has 18 nitrogen and oxygen atoms in total. The standard InChI is InChI=1S/C66H69ClFN9O9S/c1-8-32-83-38-46-34-48(74-56(78)36-71-63(79)60(69-5)41(2)3)22-19-45(46)37-77(6)30-27-76(28-31-77)29-33-84-54-24-23-50(42(4)59(54)67)57-58-64(72-40-73-65(58)87-61(57)43-17-20-47(68)21-18-43)86-55(66(80)81)35-44-13-9-11-15-52(44)85-39-49-25-26-70-62(75-49)51-14-10-12-16-53(51)82-7/h1,9-26,34,40-41,55,60,69H,27-33,35-39H2,2-7H3,(H2-,71,74,78,79,80,81)/p+1/t55-,60?/m1/s1. The summed E-state index contributed by atoms with van der Waals surface area (Å²) in [5.41, 5.74) is 7.22. The van der Waals surface area contributed by atoms with Gasteiger partial charge in [0.15, 0.2) is 5.82 Å². The lowest BCUT2D eigenvalue weighted by Crippen LogP contribution is -2.57. The molecule has 1 saturated heterocycles. The first kappa shape index (κ1) is 63.0. The quantitative estimate of drug-likeness (QED) is 0.0215. The maximum atomic E-state index is 14.4. The third-order valence-electron chi connectivity index (χ3n) is 15.3. The number of nitrogens with one attached hydrogen (secondary N) is 3. The number of carboxylic acid groups (broad SMARTS) is 1. The summed E-state index contributed by atoms with van der Waals surface area (Å²) in [6, 6.07) is 31.6. The van der Waals surface area contributed by atoms with Gasteiger partial charge in [-0.25, -0.2) is 29.1 Å². The Morgan fingerprint density at radius 1 is 0.885 bits per heavy atom. The van der Waals surface area contributed by atoms with Crippen LogP contribution in [0.2, 0.25) is 5.02 Å². The first-order valence-corrected chi connectivity index (χ1v) is 29.7. The van der Waals surface area contributed by atoms with Gasteiger partial charge in [0, 0.05) is 53.9 Å². The molecule has 1 unspecified atom stereocenters. The monoisotopic (exact) mass is 1220 g/mol. The number of piperazine rings is 1. The van der Waals surface area contributed by atoms with E-state index in [2.05, 4.69) is 48.8 Å². The molecule has 0 bridgehead atoms. The number of benzene rings is 5. The normalized spacial score (nSPS) is 13.8. The average molecular weight is 1220 g/mol. The van der Waals surface area contributed by atoms with Crippen molar-refractivity contribution in [1.82, 2.24) is 35.5 Å². The second-order valence-electron chi connectivity index (χ2n) is 21.7. The minimum atomic E-state index is -1.42. The molecule has 1 aliphatic rings. The van der Waals surface area contributed by atoms with Gasteiger partial charge in [-0.15, -0.1) is 17.8 Å². The number of likely N-dealkylation sites (N-methyl/N-ethyl adjacent to an activating group) is 2. The molecule has 0 saturated carbocycles. The minimum absolute atomic E-state index is 0.0419. The number of rotatable bonds is 27. The van der Waals surface area contributed by atoms with E-state index in [9.17, 15) is 23.9 Å². The number of fused-ring (bicyclic) bond motifs is 1. The maximum Gasteiger partial charge on any atom is 0.345 e. The summed E-state index contributed by atoms with van der Waals surface area (Å²) < 4.78 is 45.7. The van der Waals surface area contributed by atoms with Gasteiger partial charge in [-0.05, 0) is 102 Å². The molecule has 2 amide bonds. The Labute approximate surface area is 514 Å². The molecule has 0 radical (unpaired) electrons. The van der Waals surface area contributed by atoms with Crippen LogP contribution in [0.25, 0.3) is 43.2 Å². The number of carboxylic acids is 1. The summed E-state index contributed by atoms with van der Waals surface area (Å²) in [6.07, 6.45) is 6.98. The number of ether oxygens (including phenoxy) is 5. The van der Waals surface area contributed by atoms with Crippen molar-refractivity contribution in [2.75, 3.05) is 79.0 Å². The highest BCUT2D eigenvalue weighted by atomic mass is 35.5. The van der Waals surface area contributed by atoms with E-state index in [0.29, 0.717) is 90.7 Å². The van der Waals surface area contributed by atoms with Gasteiger partial charge in [-0.2, -0.15) is 0 Å². The lowest BCUT2D eigenvalue weighted by Gasteiger charge is -2.42. The number of halogens is 2. The van der Waals surface area contributed by atoms with Crippen molar-refractivity contribution < 1.29 is 52.0 Å². The van der Waals surface area contributed by atoms with E-state index in [0.717, 1.165) is 58.8 Å². The average Bonchev–Trinajstić information content (AvgIpc) is 1.81. The third-order valence-corrected chi connectivity index (χ3v) is 16.9. The molecule has 4 N–H and O–H groups in total. The molecule has 21 heteroatoms. The number of carbonyl (C=O) groups excluding carboxylic acids is 2. The van der Waals surface area contributed by atoms with Crippen LogP contribution in [-0.4, -0.2) is 138 Å². The van der Waals surface area contributed by atoms with Crippen LogP contribution in [-0.2, 0) is 45.3 Å². The largest absolute Gasteiger partial charge is 0.496 e. The maximum absolute atomic E-state index is 14.4. The van der Waals surface area contributed by atoms with Crippen molar-refractivity contribution in [3.05, 3.63) is 161 Å². The van der Waals surface area contributed by atoms with E-state index in [-0.39, 0.29) is 56.4 Å². The Balaban J connectivity index is 0.872. The Kier molecular flexibility index (Phi) is 21.2. The first-order chi connectivity index (χ1) is 42.0. The summed E-state index contributed by atoms with van der Waals surface area (Å²) >= 11 is 8.58. The number of thiophene rings is 1. The Hall–Kier alpha value is -8.55. The molecule has 9 rings (SSSR count). The molecule has 1 aliphatic heterocycles. The number of methoxy groups -OCH3 is 1. The number of nitrogens with zero attached hydrogens (tertiary/aromatic N) is 6. The van der Waals surface area contributed by atoms with Crippen molar-refractivity contribution in [3.8, 4) is 68.4 Å². The zero-order chi connectivity index (χ0) is 61.6. The predicted octanol–water partition coefficient (Wildman–Crippen LogP) is 10.0.